The van der Waals surface area contributed by atoms with Crippen molar-refractivity contribution in [3.8, 4) is 11.5 Å². The Bertz CT molecular complexity index is 943. The third-order valence-electron chi connectivity index (χ3n) is 4.04. The highest BCUT2D eigenvalue weighted by Crippen LogP contribution is 2.36. The molecule has 0 unspecified atom stereocenters. The summed E-state index contributed by atoms with van der Waals surface area (Å²) < 4.78 is 24.8. The molecule has 0 spiro atoms. The van der Waals surface area contributed by atoms with Gasteiger partial charge in [0.15, 0.2) is 11.5 Å². The van der Waals surface area contributed by atoms with Gasteiger partial charge in [-0.15, -0.1) is 0 Å². The average molecular weight is 422 g/mol. The minimum atomic E-state index is -0.563. The maximum absolute atomic E-state index is 14.0. The van der Waals surface area contributed by atoms with Crippen LogP contribution in [0.4, 0.5) is 9.18 Å². The Morgan fingerprint density at radius 1 is 1.21 bits per heavy atom. The Balaban J connectivity index is 1.85. The van der Waals surface area contributed by atoms with Gasteiger partial charge in [0.05, 0.1) is 25.2 Å². The van der Waals surface area contributed by atoms with E-state index in [2.05, 4.69) is 0 Å². The van der Waals surface area contributed by atoms with Gasteiger partial charge < -0.3 is 9.47 Å². The molecule has 1 heterocycles. The lowest BCUT2D eigenvalue weighted by atomic mass is 10.1. The van der Waals surface area contributed by atoms with Gasteiger partial charge in [0, 0.05) is 10.6 Å². The van der Waals surface area contributed by atoms with Crippen LogP contribution in [0.2, 0.25) is 5.02 Å². The number of thioether (sulfide) groups is 1. The first-order valence-corrected chi connectivity index (χ1v) is 9.63. The monoisotopic (exact) mass is 421 g/mol. The molecule has 1 fully saturated rings. The van der Waals surface area contributed by atoms with E-state index in [0.29, 0.717) is 23.7 Å². The van der Waals surface area contributed by atoms with E-state index < -0.39 is 17.0 Å². The number of nitrogens with zero attached hydrogens (tertiary/aromatic N) is 1. The van der Waals surface area contributed by atoms with Crippen molar-refractivity contribution in [1.29, 1.82) is 0 Å². The number of ether oxygens (including phenoxy) is 2. The van der Waals surface area contributed by atoms with Gasteiger partial charge in [-0.2, -0.15) is 0 Å². The maximum Gasteiger partial charge on any atom is 0.293 e. The van der Waals surface area contributed by atoms with E-state index in [9.17, 15) is 14.0 Å². The highest BCUT2D eigenvalue weighted by Gasteiger charge is 2.35. The molecule has 1 aliphatic rings. The molecule has 0 bridgehead atoms. The van der Waals surface area contributed by atoms with Crippen LogP contribution in [0.25, 0.3) is 6.08 Å². The molecule has 5 nitrogen and oxygen atoms in total. The van der Waals surface area contributed by atoms with Crippen molar-refractivity contribution >= 4 is 40.6 Å². The largest absolute Gasteiger partial charge is 0.493 e. The van der Waals surface area contributed by atoms with Gasteiger partial charge in [0.2, 0.25) is 0 Å². The van der Waals surface area contributed by atoms with Crippen LogP contribution >= 0.6 is 23.4 Å². The Kier molecular flexibility index (Phi) is 6.26. The molecule has 3 rings (SSSR count). The SMILES string of the molecule is CCOc1ccc(/C=C2\SC(=O)N(Cc3c(F)cccc3Cl)C2=O)cc1OC. The van der Waals surface area contributed by atoms with Crippen molar-refractivity contribution in [2.75, 3.05) is 13.7 Å². The van der Waals surface area contributed by atoms with Crippen LogP contribution in [0, 0.1) is 5.82 Å². The van der Waals surface area contributed by atoms with E-state index in [-0.39, 0.29) is 22.0 Å². The van der Waals surface area contributed by atoms with Crippen LogP contribution < -0.4 is 9.47 Å². The minimum absolute atomic E-state index is 0.107. The van der Waals surface area contributed by atoms with Crippen molar-refractivity contribution < 1.29 is 23.5 Å². The van der Waals surface area contributed by atoms with Crippen LogP contribution in [-0.2, 0) is 11.3 Å². The molecule has 0 aliphatic carbocycles. The second-order valence-corrected chi connectivity index (χ2v) is 7.21. The van der Waals surface area contributed by atoms with Crippen molar-refractivity contribution in [2.45, 2.75) is 13.5 Å². The fourth-order valence-electron chi connectivity index (χ4n) is 2.68. The molecular weight excluding hydrogens is 405 g/mol. The number of hydrogen-bond donors (Lipinski definition) is 0. The van der Waals surface area contributed by atoms with Gasteiger partial charge >= 0.3 is 0 Å². The Hall–Kier alpha value is -2.51. The van der Waals surface area contributed by atoms with E-state index in [1.807, 2.05) is 6.92 Å². The summed E-state index contributed by atoms with van der Waals surface area (Å²) in [5.41, 5.74) is 0.783. The van der Waals surface area contributed by atoms with Crippen molar-refractivity contribution in [2.24, 2.45) is 0 Å². The summed E-state index contributed by atoms with van der Waals surface area (Å²) in [6.07, 6.45) is 1.59. The molecule has 1 aliphatic heterocycles. The molecule has 8 heteroatoms. The van der Waals surface area contributed by atoms with Gasteiger partial charge in [0.1, 0.15) is 5.82 Å². The van der Waals surface area contributed by atoms with E-state index in [0.717, 1.165) is 16.7 Å². The van der Waals surface area contributed by atoms with Crippen molar-refractivity contribution in [1.82, 2.24) is 4.90 Å². The number of carbonyl (C=O) groups is 2. The van der Waals surface area contributed by atoms with Gasteiger partial charge in [-0.3, -0.25) is 14.5 Å². The number of carbonyl (C=O) groups excluding carboxylic acids is 2. The lowest BCUT2D eigenvalue weighted by Gasteiger charge is -2.14. The van der Waals surface area contributed by atoms with Gasteiger partial charge in [-0.1, -0.05) is 23.7 Å². The highest BCUT2D eigenvalue weighted by atomic mass is 35.5. The lowest BCUT2D eigenvalue weighted by Crippen LogP contribution is -2.28. The van der Waals surface area contributed by atoms with E-state index >= 15 is 0 Å². The second-order valence-electron chi connectivity index (χ2n) is 5.81. The number of rotatable bonds is 6. The number of hydrogen-bond acceptors (Lipinski definition) is 5. The van der Waals surface area contributed by atoms with Crippen LogP contribution in [0.3, 0.4) is 0 Å². The predicted octanol–water partition coefficient (Wildman–Crippen LogP) is 5.12. The van der Waals surface area contributed by atoms with Gasteiger partial charge in [-0.05, 0) is 54.6 Å². The smallest absolute Gasteiger partial charge is 0.293 e. The summed E-state index contributed by atoms with van der Waals surface area (Å²) in [5.74, 6) is 0.0476. The summed E-state index contributed by atoms with van der Waals surface area (Å²) in [6, 6.07) is 9.43. The fraction of sp³-hybridized carbons (Fsp3) is 0.200. The maximum atomic E-state index is 14.0. The molecule has 1 saturated heterocycles. The second kappa shape index (κ2) is 8.67. The third kappa shape index (κ3) is 4.15. The number of halogens is 2. The molecule has 0 N–H and O–H groups in total. The molecule has 28 heavy (non-hydrogen) atoms. The molecule has 0 saturated carbocycles. The number of methoxy groups -OCH3 is 1. The van der Waals surface area contributed by atoms with Crippen molar-refractivity contribution in [3.63, 3.8) is 0 Å². The normalized spacial score (nSPS) is 15.4. The highest BCUT2D eigenvalue weighted by molar-refractivity contribution is 8.18. The Morgan fingerprint density at radius 2 is 2.00 bits per heavy atom. The third-order valence-corrected chi connectivity index (χ3v) is 5.30. The van der Waals surface area contributed by atoms with Crippen molar-refractivity contribution in [3.05, 3.63) is 63.3 Å². The Morgan fingerprint density at radius 3 is 2.68 bits per heavy atom. The zero-order valence-electron chi connectivity index (χ0n) is 15.2. The van der Waals surface area contributed by atoms with E-state index in [1.165, 1.54) is 25.3 Å². The first-order valence-electron chi connectivity index (χ1n) is 8.43. The summed E-state index contributed by atoms with van der Waals surface area (Å²) in [5, 5.41) is -0.312. The standard InChI is InChI=1S/C20H17ClFNO4S/c1-3-27-16-8-7-12(9-17(16)26-2)10-18-19(24)23(20(25)28-18)11-13-14(21)5-4-6-15(13)22/h4-10H,3,11H2,1-2H3/b18-10-. The summed E-state index contributed by atoms with van der Waals surface area (Å²) in [6.45, 7) is 2.14. The van der Waals surface area contributed by atoms with Crippen LogP contribution in [0.5, 0.6) is 11.5 Å². The van der Waals surface area contributed by atoms with Crippen LogP contribution in [-0.4, -0.2) is 29.8 Å². The zero-order valence-corrected chi connectivity index (χ0v) is 16.8. The quantitative estimate of drug-likeness (QED) is 0.606. The molecule has 2 aromatic rings. The molecule has 2 amide bonds. The van der Waals surface area contributed by atoms with E-state index in [1.54, 1.807) is 24.3 Å². The summed E-state index contributed by atoms with van der Waals surface area (Å²) in [4.78, 5) is 26.2. The summed E-state index contributed by atoms with van der Waals surface area (Å²) in [7, 11) is 1.52. The molecular formula is C20H17ClFNO4S. The van der Waals surface area contributed by atoms with Gasteiger partial charge in [-0.25, -0.2) is 4.39 Å². The topological polar surface area (TPSA) is 55.8 Å². The first kappa shape index (κ1) is 20.2. The average Bonchev–Trinajstić information content (AvgIpc) is 2.93. The lowest BCUT2D eigenvalue weighted by molar-refractivity contribution is -0.123. The molecule has 0 aromatic heterocycles. The molecule has 0 radical (unpaired) electrons. The van der Waals surface area contributed by atoms with Crippen LogP contribution in [0.15, 0.2) is 41.3 Å². The first-order chi connectivity index (χ1) is 13.4. The van der Waals surface area contributed by atoms with Gasteiger partial charge in [0.25, 0.3) is 11.1 Å². The Labute approximate surface area is 171 Å². The minimum Gasteiger partial charge on any atom is -0.493 e. The molecule has 2 aromatic carbocycles. The number of imide groups is 1. The predicted molar refractivity (Wildman–Crippen MR) is 107 cm³/mol. The zero-order chi connectivity index (χ0) is 20.3. The number of amides is 2. The van der Waals surface area contributed by atoms with Crippen LogP contribution in [0.1, 0.15) is 18.1 Å². The molecule has 0 atom stereocenters. The fourth-order valence-corrected chi connectivity index (χ4v) is 3.74. The molecule has 146 valence electrons. The summed E-state index contributed by atoms with van der Waals surface area (Å²) >= 11 is 6.80. The number of benzene rings is 2. The van der Waals surface area contributed by atoms with E-state index in [4.69, 9.17) is 21.1 Å².